The monoisotopic (exact) mass is 490 g/mol. The van der Waals surface area contributed by atoms with Gasteiger partial charge in [-0.3, -0.25) is 4.79 Å². The number of benzene rings is 2. The summed E-state index contributed by atoms with van der Waals surface area (Å²) in [4.78, 5) is 12.3. The Morgan fingerprint density at radius 3 is 2.50 bits per heavy atom. The summed E-state index contributed by atoms with van der Waals surface area (Å²) < 4.78 is 32.2. The van der Waals surface area contributed by atoms with E-state index in [0.717, 1.165) is 5.56 Å². The average molecular weight is 491 g/mol. The van der Waals surface area contributed by atoms with E-state index in [2.05, 4.69) is 10.0 Å². The van der Waals surface area contributed by atoms with Crippen LogP contribution in [0.1, 0.15) is 18.9 Å². The quantitative estimate of drug-likeness (QED) is 0.425. The standard InChI is InChI=1S/C20H24Cl2N2O4S2/c1-2-28-11-3-10-23-30(26,27)17-7-5-16(6-8-17)24-20(25)14-29-13-15-4-9-18(21)19(22)12-15/h4-9,12,23H,2-3,10-11,13-14H2,1H3,(H,24,25). The molecule has 0 heterocycles. The van der Waals surface area contributed by atoms with Crippen LogP contribution in [0, 0.1) is 0 Å². The molecule has 0 unspecified atom stereocenters. The Bertz CT molecular complexity index is 938. The van der Waals surface area contributed by atoms with Crippen LogP contribution >= 0.6 is 35.0 Å². The van der Waals surface area contributed by atoms with E-state index in [1.165, 1.54) is 23.9 Å². The van der Waals surface area contributed by atoms with Gasteiger partial charge in [-0.1, -0.05) is 29.3 Å². The van der Waals surface area contributed by atoms with Gasteiger partial charge in [0.1, 0.15) is 0 Å². The van der Waals surface area contributed by atoms with Crippen molar-refractivity contribution >= 4 is 56.6 Å². The first-order valence-electron chi connectivity index (χ1n) is 9.31. The van der Waals surface area contributed by atoms with Crippen molar-refractivity contribution < 1.29 is 17.9 Å². The summed E-state index contributed by atoms with van der Waals surface area (Å²) in [5, 5.41) is 3.73. The molecule has 1 amide bonds. The van der Waals surface area contributed by atoms with E-state index in [9.17, 15) is 13.2 Å². The van der Waals surface area contributed by atoms with Gasteiger partial charge in [-0.25, -0.2) is 13.1 Å². The number of hydrogen-bond donors (Lipinski definition) is 2. The molecule has 30 heavy (non-hydrogen) atoms. The molecular weight excluding hydrogens is 467 g/mol. The van der Waals surface area contributed by atoms with E-state index < -0.39 is 10.0 Å². The first-order chi connectivity index (χ1) is 14.3. The van der Waals surface area contributed by atoms with Crippen molar-refractivity contribution in [3.05, 3.63) is 58.1 Å². The summed E-state index contributed by atoms with van der Waals surface area (Å²) in [5.74, 6) is 0.697. The van der Waals surface area contributed by atoms with Gasteiger partial charge in [-0.2, -0.15) is 0 Å². The number of rotatable bonds is 12. The number of nitrogens with one attached hydrogen (secondary N) is 2. The zero-order valence-electron chi connectivity index (χ0n) is 16.5. The lowest BCUT2D eigenvalue weighted by Gasteiger charge is -2.09. The molecule has 10 heteroatoms. The third-order valence-electron chi connectivity index (χ3n) is 3.90. The Morgan fingerprint density at radius 1 is 1.10 bits per heavy atom. The lowest BCUT2D eigenvalue weighted by molar-refractivity contribution is -0.113. The second kappa shape index (κ2) is 12.5. The van der Waals surface area contributed by atoms with Gasteiger partial charge < -0.3 is 10.1 Å². The molecule has 164 valence electrons. The van der Waals surface area contributed by atoms with Crippen molar-refractivity contribution in [2.24, 2.45) is 0 Å². The Morgan fingerprint density at radius 2 is 1.83 bits per heavy atom. The van der Waals surface area contributed by atoms with Gasteiger partial charge in [0.2, 0.25) is 15.9 Å². The van der Waals surface area contributed by atoms with Gasteiger partial charge in [0, 0.05) is 31.2 Å². The minimum absolute atomic E-state index is 0.144. The number of hydrogen-bond acceptors (Lipinski definition) is 5. The Hall–Kier alpha value is -1.29. The van der Waals surface area contributed by atoms with Crippen LogP contribution in [0.15, 0.2) is 47.4 Å². The van der Waals surface area contributed by atoms with Gasteiger partial charge in [-0.15, -0.1) is 11.8 Å². The number of amides is 1. The van der Waals surface area contributed by atoms with Crippen LogP contribution in [0.25, 0.3) is 0 Å². The largest absolute Gasteiger partial charge is 0.382 e. The maximum Gasteiger partial charge on any atom is 0.240 e. The van der Waals surface area contributed by atoms with Gasteiger partial charge >= 0.3 is 0 Å². The van der Waals surface area contributed by atoms with Gasteiger partial charge in [0.15, 0.2) is 0 Å². The molecule has 0 aliphatic heterocycles. The molecule has 0 saturated carbocycles. The minimum Gasteiger partial charge on any atom is -0.382 e. The van der Waals surface area contributed by atoms with Gasteiger partial charge in [0.05, 0.1) is 20.7 Å². The zero-order chi connectivity index (χ0) is 22.0. The van der Waals surface area contributed by atoms with Crippen LogP contribution in [0.4, 0.5) is 5.69 Å². The third-order valence-corrected chi connectivity index (χ3v) is 7.12. The second-order valence-electron chi connectivity index (χ2n) is 6.26. The van der Waals surface area contributed by atoms with E-state index >= 15 is 0 Å². The van der Waals surface area contributed by atoms with Crippen molar-refractivity contribution in [3.8, 4) is 0 Å². The number of carbonyl (C=O) groups is 1. The van der Waals surface area contributed by atoms with E-state index in [1.54, 1.807) is 24.3 Å². The molecule has 0 aliphatic carbocycles. The summed E-state index contributed by atoms with van der Waals surface area (Å²) in [7, 11) is -3.59. The Labute approximate surface area is 191 Å². The lowest BCUT2D eigenvalue weighted by Crippen LogP contribution is -2.25. The van der Waals surface area contributed by atoms with Crippen LogP contribution in [0.5, 0.6) is 0 Å². The van der Waals surface area contributed by atoms with Crippen molar-refractivity contribution in [1.82, 2.24) is 4.72 Å². The fourth-order valence-corrected chi connectivity index (χ4v) is 4.58. The Kier molecular flexibility index (Phi) is 10.4. The lowest BCUT2D eigenvalue weighted by atomic mass is 10.2. The summed E-state index contributed by atoms with van der Waals surface area (Å²) in [6.45, 7) is 3.30. The second-order valence-corrected chi connectivity index (χ2v) is 9.83. The normalized spacial score (nSPS) is 11.4. The SMILES string of the molecule is CCOCCCNS(=O)(=O)c1ccc(NC(=O)CSCc2ccc(Cl)c(Cl)c2)cc1. The number of anilines is 1. The van der Waals surface area contributed by atoms with E-state index in [1.807, 2.05) is 13.0 Å². The molecule has 2 rings (SSSR count). The highest BCUT2D eigenvalue weighted by molar-refractivity contribution is 7.99. The van der Waals surface area contributed by atoms with E-state index in [0.29, 0.717) is 47.7 Å². The fraction of sp³-hybridized carbons (Fsp3) is 0.350. The van der Waals surface area contributed by atoms with Crippen molar-refractivity contribution in [1.29, 1.82) is 0 Å². The molecule has 2 aromatic carbocycles. The summed E-state index contributed by atoms with van der Waals surface area (Å²) >= 11 is 13.3. The molecular formula is C20H24Cl2N2O4S2. The van der Waals surface area contributed by atoms with Crippen LogP contribution < -0.4 is 10.0 Å². The molecule has 0 spiro atoms. The van der Waals surface area contributed by atoms with Crippen LogP contribution in [0.2, 0.25) is 10.0 Å². The Balaban J connectivity index is 1.78. The average Bonchev–Trinajstić information content (AvgIpc) is 2.71. The predicted octanol–water partition coefficient (Wildman–Crippen LogP) is 4.57. The third kappa shape index (κ3) is 8.45. The maximum atomic E-state index is 12.3. The number of ether oxygens (including phenoxy) is 1. The topological polar surface area (TPSA) is 84.5 Å². The first-order valence-corrected chi connectivity index (χ1v) is 12.7. The smallest absolute Gasteiger partial charge is 0.240 e. The fourth-order valence-electron chi connectivity index (χ4n) is 2.41. The highest BCUT2D eigenvalue weighted by Crippen LogP contribution is 2.24. The van der Waals surface area contributed by atoms with Crippen molar-refractivity contribution in [3.63, 3.8) is 0 Å². The van der Waals surface area contributed by atoms with E-state index in [-0.39, 0.29) is 16.6 Å². The molecule has 6 nitrogen and oxygen atoms in total. The molecule has 0 saturated heterocycles. The summed E-state index contributed by atoms with van der Waals surface area (Å²) in [6.07, 6.45) is 0.598. The first kappa shape index (κ1) is 25.0. The van der Waals surface area contributed by atoms with Gasteiger partial charge in [-0.05, 0) is 55.3 Å². The van der Waals surface area contributed by atoms with E-state index in [4.69, 9.17) is 27.9 Å². The molecule has 2 N–H and O–H groups in total. The highest BCUT2D eigenvalue weighted by Gasteiger charge is 2.13. The summed E-state index contributed by atoms with van der Waals surface area (Å²) in [5.41, 5.74) is 1.51. The maximum absolute atomic E-state index is 12.3. The zero-order valence-corrected chi connectivity index (χ0v) is 19.6. The molecule has 0 aliphatic rings. The van der Waals surface area contributed by atoms with Crippen LogP contribution in [-0.4, -0.2) is 39.8 Å². The molecule has 0 fully saturated rings. The number of halogens is 2. The van der Waals surface area contributed by atoms with Crippen molar-refractivity contribution in [2.45, 2.75) is 24.0 Å². The highest BCUT2D eigenvalue weighted by atomic mass is 35.5. The number of carbonyl (C=O) groups excluding carboxylic acids is 1. The number of thioether (sulfide) groups is 1. The van der Waals surface area contributed by atoms with Crippen LogP contribution in [-0.2, 0) is 25.3 Å². The predicted molar refractivity (Wildman–Crippen MR) is 124 cm³/mol. The van der Waals surface area contributed by atoms with Crippen LogP contribution in [0.3, 0.4) is 0 Å². The van der Waals surface area contributed by atoms with Gasteiger partial charge in [0.25, 0.3) is 0 Å². The molecule has 0 atom stereocenters. The van der Waals surface area contributed by atoms with Crippen molar-refractivity contribution in [2.75, 3.05) is 30.8 Å². The molecule has 0 radical (unpaired) electrons. The summed E-state index contributed by atoms with van der Waals surface area (Å²) in [6, 6.07) is 11.4. The molecule has 0 bridgehead atoms. The number of sulfonamides is 1. The molecule has 2 aromatic rings. The molecule has 0 aromatic heterocycles. The minimum atomic E-state index is -3.59.